The number of carbonyl (C=O) groups is 1. The van der Waals surface area contributed by atoms with Gasteiger partial charge in [0.1, 0.15) is 0 Å². The summed E-state index contributed by atoms with van der Waals surface area (Å²) in [4.78, 5) is 16.4. The third-order valence-corrected chi connectivity index (χ3v) is 4.61. The van der Waals surface area contributed by atoms with Crippen LogP contribution in [0.2, 0.25) is 0 Å². The maximum Gasteiger partial charge on any atom is 0.220 e. The zero-order valence-electron chi connectivity index (χ0n) is 15.4. The Hall–Kier alpha value is -2.95. The van der Waals surface area contributed by atoms with E-state index in [4.69, 9.17) is 0 Å². The van der Waals surface area contributed by atoms with Crippen molar-refractivity contribution in [3.05, 3.63) is 77.4 Å². The van der Waals surface area contributed by atoms with E-state index < -0.39 is 0 Å². The average molecular weight is 348 g/mol. The summed E-state index contributed by atoms with van der Waals surface area (Å²) in [5, 5.41) is 7.68. The van der Waals surface area contributed by atoms with Crippen molar-refractivity contribution in [2.24, 2.45) is 0 Å². The summed E-state index contributed by atoms with van der Waals surface area (Å²) < 4.78 is 1.95. The van der Waals surface area contributed by atoms with Crippen LogP contribution in [0.25, 0.3) is 5.69 Å². The number of benzene rings is 1. The van der Waals surface area contributed by atoms with Gasteiger partial charge in [0.15, 0.2) is 0 Å². The van der Waals surface area contributed by atoms with E-state index in [1.165, 1.54) is 0 Å². The normalized spacial score (nSPS) is 12.0. The van der Waals surface area contributed by atoms with E-state index >= 15 is 0 Å². The molecule has 2 aromatic heterocycles. The van der Waals surface area contributed by atoms with E-state index in [-0.39, 0.29) is 11.9 Å². The number of carbonyl (C=O) groups excluding carboxylic acids is 1. The topological polar surface area (TPSA) is 59.8 Å². The third kappa shape index (κ3) is 3.99. The van der Waals surface area contributed by atoms with E-state index in [1.807, 2.05) is 61.0 Å². The number of para-hydroxylation sites is 1. The van der Waals surface area contributed by atoms with Gasteiger partial charge in [0.2, 0.25) is 5.91 Å². The van der Waals surface area contributed by atoms with Crippen molar-refractivity contribution in [1.82, 2.24) is 20.1 Å². The highest BCUT2D eigenvalue weighted by atomic mass is 16.1. The number of nitrogens with one attached hydrogen (secondary N) is 1. The minimum absolute atomic E-state index is 0.0348. The maximum atomic E-state index is 12.3. The molecule has 134 valence electrons. The standard InChI is InChI=1S/C21H24N4O/c1-15(18-8-7-13-22-14-18)23-21(26)12-11-20-16(2)24-25(17(20)3)19-9-5-4-6-10-19/h4-10,13-15H,11-12H2,1-3H3,(H,23,26)/t15-/m1/s1. The zero-order chi connectivity index (χ0) is 18.5. The molecule has 0 unspecified atom stereocenters. The molecule has 1 atom stereocenters. The van der Waals surface area contributed by atoms with E-state index in [0.29, 0.717) is 12.8 Å². The predicted molar refractivity (Wildman–Crippen MR) is 102 cm³/mol. The zero-order valence-corrected chi connectivity index (χ0v) is 15.4. The van der Waals surface area contributed by atoms with E-state index in [1.54, 1.807) is 12.4 Å². The van der Waals surface area contributed by atoms with Crippen LogP contribution in [0.1, 0.15) is 41.9 Å². The Balaban J connectivity index is 1.65. The first-order chi connectivity index (χ1) is 12.6. The molecule has 0 fully saturated rings. The molecule has 0 bridgehead atoms. The van der Waals surface area contributed by atoms with Crippen LogP contribution in [0, 0.1) is 13.8 Å². The van der Waals surface area contributed by atoms with Crippen molar-refractivity contribution in [3.63, 3.8) is 0 Å². The highest BCUT2D eigenvalue weighted by molar-refractivity contribution is 5.76. The SMILES string of the molecule is Cc1nn(-c2ccccc2)c(C)c1CCC(=O)N[C@H](C)c1cccnc1. The third-order valence-electron chi connectivity index (χ3n) is 4.61. The van der Waals surface area contributed by atoms with Crippen LogP contribution >= 0.6 is 0 Å². The van der Waals surface area contributed by atoms with Crippen LogP contribution in [-0.2, 0) is 11.2 Å². The Kier molecular flexibility index (Phi) is 5.46. The minimum atomic E-state index is -0.0505. The van der Waals surface area contributed by atoms with Crippen molar-refractivity contribution in [2.75, 3.05) is 0 Å². The van der Waals surface area contributed by atoms with Gasteiger partial charge in [-0.15, -0.1) is 0 Å². The molecular weight excluding hydrogens is 324 g/mol. The second-order valence-corrected chi connectivity index (χ2v) is 6.47. The molecule has 1 N–H and O–H groups in total. The van der Waals surface area contributed by atoms with Gasteiger partial charge in [-0.25, -0.2) is 4.68 Å². The highest BCUT2D eigenvalue weighted by Crippen LogP contribution is 2.19. The molecule has 0 aliphatic rings. The van der Waals surface area contributed by atoms with Crippen LogP contribution in [0.5, 0.6) is 0 Å². The van der Waals surface area contributed by atoms with E-state index in [0.717, 1.165) is 28.2 Å². The van der Waals surface area contributed by atoms with Crippen molar-refractivity contribution in [2.45, 2.75) is 39.7 Å². The Morgan fingerprint density at radius 3 is 2.62 bits per heavy atom. The lowest BCUT2D eigenvalue weighted by atomic mass is 10.1. The van der Waals surface area contributed by atoms with Gasteiger partial charge in [-0.2, -0.15) is 5.10 Å². The summed E-state index contributed by atoms with van der Waals surface area (Å²) in [5.41, 5.74) is 5.23. The smallest absolute Gasteiger partial charge is 0.220 e. The van der Waals surface area contributed by atoms with Crippen molar-refractivity contribution < 1.29 is 4.79 Å². The van der Waals surface area contributed by atoms with Gasteiger partial charge in [0.05, 0.1) is 17.4 Å². The molecule has 0 radical (unpaired) electrons. The van der Waals surface area contributed by atoms with Gasteiger partial charge < -0.3 is 5.32 Å². The quantitative estimate of drug-likeness (QED) is 0.739. The van der Waals surface area contributed by atoms with Crippen LogP contribution in [0.3, 0.4) is 0 Å². The number of rotatable bonds is 6. The summed E-state index contributed by atoms with van der Waals surface area (Å²) in [6, 6.07) is 13.8. The Morgan fingerprint density at radius 1 is 1.15 bits per heavy atom. The average Bonchev–Trinajstić information content (AvgIpc) is 2.95. The van der Waals surface area contributed by atoms with Crippen molar-refractivity contribution in [1.29, 1.82) is 0 Å². The lowest BCUT2D eigenvalue weighted by Crippen LogP contribution is -2.27. The molecule has 0 spiro atoms. The largest absolute Gasteiger partial charge is 0.350 e. The van der Waals surface area contributed by atoms with E-state index in [9.17, 15) is 4.79 Å². The summed E-state index contributed by atoms with van der Waals surface area (Å²) in [6.07, 6.45) is 4.62. The van der Waals surface area contributed by atoms with Gasteiger partial charge in [0, 0.05) is 24.5 Å². The van der Waals surface area contributed by atoms with Gasteiger partial charge in [-0.1, -0.05) is 24.3 Å². The molecule has 2 heterocycles. The molecule has 3 aromatic rings. The molecule has 1 amide bonds. The molecular formula is C21H24N4O. The van der Waals surface area contributed by atoms with Gasteiger partial charge in [-0.05, 0) is 56.5 Å². The van der Waals surface area contributed by atoms with Gasteiger partial charge in [0.25, 0.3) is 0 Å². The summed E-state index contributed by atoms with van der Waals surface area (Å²) >= 11 is 0. The second-order valence-electron chi connectivity index (χ2n) is 6.47. The summed E-state index contributed by atoms with van der Waals surface area (Å²) in [6.45, 7) is 6.02. The number of hydrogen-bond acceptors (Lipinski definition) is 3. The second kappa shape index (κ2) is 7.95. The lowest BCUT2D eigenvalue weighted by Gasteiger charge is -2.14. The Labute approximate surface area is 154 Å². The van der Waals surface area contributed by atoms with Gasteiger partial charge in [-0.3, -0.25) is 9.78 Å². The monoisotopic (exact) mass is 348 g/mol. The van der Waals surface area contributed by atoms with Gasteiger partial charge >= 0.3 is 0 Å². The predicted octanol–water partition coefficient (Wildman–Crippen LogP) is 3.69. The lowest BCUT2D eigenvalue weighted by molar-refractivity contribution is -0.121. The molecule has 26 heavy (non-hydrogen) atoms. The Morgan fingerprint density at radius 2 is 1.92 bits per heavy atom. The number of aryl methyl sites for hydroxylation is 1. The molecule has 0 saturated carbocycles. The summed E-state index contributed by atoms with van der Waals surface area (Å²) in [7, 11) is 0. The number of nitrogens with zero attached hydrogens (tertiary/aromatic N) is 3. The fourth-order valence-electron chi connectivity index (χ4n) is 3.13. The first-order valence-corrected chi connectivity index (χ1v) is 8.86. The molecule has 1 aromatic carbocycles. The fraction of sp³-hybridized carbons (Fsp3) is 0.286. The number of hydrogen-bond donors (Lipinski definition) is 1. The molecule has 3 rings (SSSR count). The number of amides is 1. The Bertz CT molecular complexity index is 872. The van der Waals surface area contributed by atoms with Crippen LogP contribution in [-0.4, -0.2) is 20.7 Å². The molecule has 0 aliphatic heterocycles. The van der Waals surface area contributed by atoms with Crippen molar-refractivity contribution >= 4 is 5.91 Å². The van der Waals surface area contributed by atoms with Crippen LogP contribution < -0.4 is 5.32 Å². The molecule has 0 aliphatic carbocycles. The first-order valence-electron chi connectivity index (χ1n) is 8.86. The number of pyridine rings is 1. The summed E-state index contributed by atoms with van der Waals surface area (Å²) in [5.74, 6) is 0.0348. The molecule has 0 saturated heterocycles. The molecule has 5 nitrogen and oxygen atoms in total. The molecule has 5 heteroatoms. The van der Waals surface area contributed by atoms with Crippen LogP contribution in [0.4, 0.5) is 0 Å². The van der Waals surface area contributed by atoms with Crippen LogP contribution in [0.15, 0.2) is 54.9 Å². The minimum Gasteiger partial charge on any atom is -0.350 e. The van der Waals surface area contributed by atoms with Crippen molar-refractivity contribution in [3.8, 4) is 5.69 Å². The first kappa shape index (κ1) is 17.9. The fourth-order valence-corrected chi connectivity index (χ4v) is 3.13. The highest BCUT2D eigenvalue weighted by Gasteiger charge is 2.15. The number of aromatic nitrogens is 3. The maximum absolute atomic E-state index is 12.3. The van der Waals surface area contributed by atoms with E-state index in [2.05, 4.69) is 22.3 Å².